The van der Waals surface area contributed by atoms with Crippen molar-refractivity contribution >= 4 is 29.8 Å². The molecule has 30 heteroatoms. The van der Waals surface area contributed by atoms with Gasteiger partial charge in [-0.3, -0.25) is 0 Å². The van der Waals surface area contributed by atoms with Gasteiger partial charge in [-0.15, -0.1) is 0 Å². The van der Waals surface area contributed by atoms with Crippen LogP contribution in [-0.2, 0) is 28.4 Å². The molecule has 6 heterocycles. The summed E-state index contributed by atoms with van der Waals surface area (Å²) in [7, 11) is 0. The Labute approximate surface area is 417 Å². The second-order valence-electron chi connectivity index (χ2n) is 17.6. The Balaban J connectivity index is 1.39. The molecule has 11 rings (SSSR count). The number of aliphatic hydroxyl groups excluding tert-OH is 3. The van der Waals surface area contributed by atoms with Gasteiger partial charge >= 0.3 is 29.8 Å². The summed E-state index contributed by atoms with van der Waals surface area (Å²) in [5, 5.41) is 214. The van der Waals surface area contributed by atoms with Crippen molar-refractivity contribution in [1.29, 1.82) is 0 Å². The number of carbonyl (C=O) groups is 5. The van der Waals surface area contributed by atoms with Crippen molar-refractivity contribution in [1.82, 2.24) is 0 Å². The lowest BCUT2D eigenvalue weighted by Gasteiger charge is -2.46. The first-order valence-electron chi connectivity index (χ1n) is 21.5. The highest BCUT2D eigenvalue weighted by atomic mass is 16.7. The number of hydrogen-bond acceptors (Lipinski definition) is 30. The van der Waals surface area contributed by atoms with E-state index in [-0.39, 0.29) is 12.1 Å². The zero-order chi connectivity index (χ0) is 55.4. The molecule has 0 saturated carbocycles. The Bertz CT molecular complexity index is 3510. The van der Waals surface area contributed by atoms with Gasteiger partial charge in [0.25, 0.3) is 0 Å². The van der Waals surface area contributed by atoms with Crippen LogP contribution in [0.3, 0.4) is 0 Å². The van der Waals surface area contributed by atoms with Crippen LogP contribution in [0, 0.1) is 0 Å². The summed E-state index contributed by atoms with van der Waals surface area (Å²) in [5.74, 6) is -40.7. The van der Waals surface area contributed by atoms with Crippen molar-refractivity contribution in [2.75, 3.05) is 13.2 Å². The van der Waals surface area contributed by atoms with Crippen molar-refractivity contribution in [3.8, 4) is 120 Å². The lowest BCUT2D eigenvalue weighted by atomic mass is 9.72. The smallest absolute Gasteiger partial charge is 0.340 e. The number of ether oxygens (including phenoxy) is 6. The van der Waals surface area contributed by atoms with Gasteiger partial charge in [0.2, 0.25) is 34.5 Å². The molecule has 76 heavy (non-hydrogen) atoms. The van der Waals surface area contributed by atoms with Crippen LogP contribution in [0.2, 0.25) is 0 Å². The number of fused-ring (bicyclic) bond motifs is 7. The fourth-order valence-electron chi connectivity index (χ4n) is 10.1. The molecule has 6 unspecified atom stereocenters. The molecule has 0 aromatic heterocycles. The van der Waals surface area contributed by atoms with Crippen LogP contribution in [0.1, 0.15) is 63.3 Å². The molecule has 19 N–H and O–H groups in total. The highest BCUT2D eigenvalue weighted by molar-refractivity contribution is 6.16. The van der Waals surface area contributed by atoms with Crippen LogP contribution in [0.4, 0.5) is 0 Å². The second-order valence-corrected chi connectivity index (χ2v) is 17.6. The van der Waals surface area contributed by atoms with Gasteiger partial charge in [0, 0.05) is 38.9 Å². The van der Waals surface area contributed by atoms with Crippen molar-refractivity contribution in [2.24, 2.45) is 0 Å². The SMILES string of the molecule is O=C1OCC2OC(=O)c3cc(O)c(O)c(O)c3-c3c(O)c(O)c(O)c4c3C(=O)OC(C2OC(=O)c2cc(O)c(O)c(O)c2-c2c1cc(O)c(O)c2O)C1OC(=O)c2c-4c(O)c(O)c(O)c2[C@H]1C1(O)OC(CO)[C@@H](O)[C@H]1O. The fourth-order valence-corrected chi connectivity index (χ4v) is 10.1. The molecule has 6 bridgehead atoms. The Morgan fingerprint density at radius 2 is 0.829 bits per heavy atom. The molecule has 9 atom stereocenters. The van der Waals surface area contributed by atoms with Crippen LogP contribution in [0.25, 0.3) is 33.4 Å². The van der Waals surface area contributed by atoms with Gasteiger partial charge in [-0.25, -0.2) is 24.0 Å². The second kappa shape index (κ2) is 16.6. The Morgan fingerprint density at radius 1 is 0.434 bits per heavy atom. The molecule has 1 saturated heterocycles. The Morgan fingerprint density at radius 3 is 1.33 bits per heavy atom. The number of phenolic OH excluding ortho intramolecular Hbond substituents is 15. The van der Waals surface area contributed by atoms with Crippen LogP contribution in [0.15, 0.2) is 18.2 Å². The number of hydrogen-bond donors (Lipinski definition) is 19. The minimum absolute atomic E-state index is 0.271. The van der Waals surface area contributed by atoms with Crippen molar-refractivity contribution in [2.45, 2.75) is 54.4 Å². The number of rotatable bonds is 2. The molecule has 0 amide bonds. The summed E-state index contributed by atoms with van der Waals surface area (Å²) >= 11 is 0. The van der Waals surface area contributed by atoms with E-state index >= 15 is 9.59 Å². The highest BCUT2D eigenvalue weighted by Crippen LogP contribution is 2.64. The molecule has 1 fully saturated rings. The van der Waals surface area contributed by atoms with Gasteiger partial charge < -0.3 is 125 Å². The standard InChI is InChI=1S/C46H34O30/c47-4-12-27(54)40(64)46(70,76-12)23-22-21-19(33(60)36(63)34(22)61)18-20-17(31(58)35(62)32(18)59)16-8(3-11(50)26(53)30(16)57)42(66)72-13-5-71-41(65)6-1-9(48)24(51)28(55)14(6)15-7(2-10(49)25(52)29(15)56)43(67)73-37(13)39(75-44(20)68)38(23)74-45(21)69/h1-3,12-13,23,27,37-40,47-64,70H,4-5H2/t12?,13?,23-,27-,37?,38?,39?,40-,46?/m1/s1. The predicted molar refractivity (Wildman–Crippen MR) is 233 cm³/mol. The number of benzene rings is 5. The molecule has 5 aromatic carbocycles. The quantitative estimate of drug-likeness (QED) is 0.0583. The van der Waals surface area contributed by atoms with Crippen molar-refractivity contribution in [3.63, 3.8) is 0 Å². The summed E-state index contributed by atoms with van der Waals surface area (Å²) in [6.45, 7) is -2.91. The fraction of sp³-hybridized carbons (Fsp3) is 0.239. The number of aliphatic hydroxyl groups is 4. The van der Waals surface area contributed by atoms with Gasteiger partial charge in [-0.05, 0) is 18.2 Å². The maximum atomic E-state index is 15.5. The van der Waals surface area contributed by atoms with E-state index in [0.717, 1.165) is 0 Å². The molecular formula is C46H34O30. The van der Waals surface area contributed by atoms with Gasteiger partial charge in [0.15, 0.2) is 81.9 Å². The zero-order valence-electron chi connectivity index (χ0n) is 37.3. The minimum Gasteiger partial charge on any atom is -0.504 e. The van der Waals surface area contributed by atoms with E-state index in [1.807, 2.05) is 0 Å². The molecule has 0 aliphatic carbocycles. The van der Waals surface area contributed by atoms with Crippen LogP contribution in [0.5, 0.6) is 86.2 Å². The first-order chi connectivity index (χ1) is 35.7. The maximum absolute atomic E-state index is 15.5. The monoisotopic (exact) mass is 1070 g/mol. The van der Waals surface area contributed by atoms with E-state index in [2.05, 4.69) is 0 Å². The van der Waals surface area contributed by atoms with E-state index in [9.17, 15) is 111 Å². The van der Waals surface area contributed by atoms with Crippen molar-refractivity contribution in [3.05, 3.63) is 51.6 Å². The summed E-state index contributed by atoms with van der Waals surface area (Å²) in [6, 6.07) is 0.916. The number of carbonyl (C=O) groups excluding carboxylic acids is 5. The number of phenols is 15. The first-order valence-corrected chi connectivity index (χ1v) is 21.5. The molecule has 6 aliphatic heterocycles. The predicted octanol–water partition coefficient (Wildman–Crippen LogP) is -0.830. The summed E-state index contributed by atoms with van der Waals surface area (Å²) in [5.41, 5.74) is -16.3. The first kappa shape index (κ1) is 49.8. The molecule has 30 nitrogen and oxygen atoms in total. The summed E-state index contributed by atoms with van der Waals surface area (Å²) < 4.78 is 34.1. The van der Waals surface area contributed by atoms with E-state index in [4.69, 9.17) is 28.4 Å². The van der Waals surface area contributed by atoms with E-state index in [1.165, 1.54) is 0 Å². The van der Waals surface area contributed by atoms with E-state index in [0.29, 0.717) is 6.07 Å². The van der Waals surface area contributed by atoms with E-state index < -0.39 is 250 Å². The zero-order valence-corrected chi connectivity index (χ0v) is 37.3. The third-order valence-corrected chi connectivity index (χ3v) is 13.6. The van der Waals surface area contributed by atoms with Crippen LogP contribution < -0.4 is 0 Å². The number of esters is 5. The van der Waals surface area contributed by atoms with Crippen LogP contribution in [-0.4, -0.2) is 189 Å². The van der Waals surface area contributed by atoms with Crippen molar-refractivity contribution < 1.29 is 149 Å². The van der Waals surface area contributed by atoms with E-state index in [1.54, 1.807) is 0 Å². The molecule has 0 spiro atoms. The Hall–Kier alpha value is -9.75. The normalized spacial score (nSPS) is 25.5. The van der Waals surface area contributed by atoms with Gasteiger partial charge in [-0.2, -0.15) is 0 Å². The average molecular weight is 1070 g/mol. The molecule has 6 aliphatic rings. The number of cyclic esters (lactones) is 1. The largest absolute Gasteiger partial charge is 0.504 e. The summed E-state index contributed by atoms with van der Waals surface area (Å²) in [6.07, 6.45) is -19.0. The maximum Gasteiger partial charge on any atom is 0.340 e. The third kappa shape index (κ3) is 6.54. The van der Waals surface area contributed by atoms with Gasteiger partial charge in [0.05, 0.1) is 40.3 Å². The molecule has 5 aromatic rings. The minimum atomic E-state index is -3.71. The lowest BCUT2D eigenvalue weighted by Crippen LogP contribution is -2.62. The average Bonchev–Trinajstić information content (AvgIpc) is 3.69. The third-order valence-electron chi connectivity index (χ3n) is 13.6. The van der Waals surface area contributed by atoms with Gasteiger partial charge in [-0.1, -0.05) is 0 Å². The molecule has 398 valence electrons. The highest BCUT2D eigenvalue weighted by Gasteiger charge is 2.67. The number of aromatic hydroxyl groups is 15. The lowest BCUT2D eigenvalue weighted by molar-refractivity contribution is -0.267. The summed E-state index contributed by atoms with van der Waals surface area (Å²) in [4.78, 5) is 74.4. The molecule has 0 radical (unpaired) electrons. The van der Waals surface area contributed by atoms with Crippen LogP contribution >= 0.6 is 0 Å². The Kier molecular flexibility index (Phi) is 10.9. The van der Waals surface area contributed by atoms with Gasteiger partial charge in [0.1, 0.15) is 24.9 Å². The molecular weight excluding hydrogens is 1030 g/mol. The topological polar surface area (TPSA) is 525 Å².